The number of anilines is 1. The summed E-state index contributed by atoms with van der Waals surface area (Å²) in [7, 11) is 0. The summed E-state index contributed by atoms with van der Waals surface area (Å²) in [5, 5.41) is -2.28. The lowest BCUT2D eigenvalue weighted by Gasteiger charge is -2.20. The van der Waals surface area contributed by atoms with Crippen molar-refractivity contribution in [2.75, 3.05) is 5.73 Å². The van der Waals surface area contributed by atoms with Crippen molar-refractivity contribution in [3.05, 3.63) is 15.9 Å². The zero-order valence-corrected chi connectivity index (χ0v) is 8.63. The second kappa shape index (κ2) is 3.85. The molecule has 0 atom stereocenters. The van der Waals surface area contributed by atoms with Crippen LogP contribution in [0.3, 0.4) is 0 Å². The van der Waals surface area contributed by atoms with Crippen molar-refractivity contribution in [2.45, 2.75) is 12.1 Å². The third-order valence-corrected chi connectivity index (χ3v) is 2.06. The fourth-order valence-corrected chi connectivity index (χ4v) is 1.46. The van der Waals surface area contributed by atoms with Crippen LogP contribution in [0.15, 0.2) is 0 Å². The zero-order valence-electron chi connectivity index (χ0n) is 7.12. The minimum atomic E-state index is -5.85. The van der Waals surface area contributed by atoms with E-state index in [1.54, 1.807) is 0 Å². The number of alkyl halides is 5. The summed E-state index contributed by atoms with van der Waals surface area (Å²) in [4.78, 5) is 5.96. The summed E-state index contributed by atoms with van der Waals surface area (Å²) in [6.07, 6.45) is -5.85. The summed E-state index contributed by atoms with van der Waals surface area (Å²) in [5.41, 5.74) is 3.25. The van der Waals surface area contributed by atoms with E-state index in [0.29, 0.717) is 0 Å². The molecule has 1 aromatic rings. The highest BCUT2D eigenvalue weighted by molar-refractivity contribution is 6.34. The second-order valence-electron chi connectivity index (χ2n) is 2.61. The highest BCUT2D eigenvalue weighted by atomic mass is 35.5. The van der Waals surface area contributed by atoms with Crippen LogP contribution in [0.4, 0.5) is 27.9 Å². The SMILES string of the molecule is Nc1nc(Cl)c(C(F)(F)C(F)(F)F)c(Cl)n1. The van der Waals surface area contributed by atoms with Gasteiger partial charge in [0.05, 0.1) is 0 Å². The predicted octanol–water partition coefficient (Wildman–Crippen LogP) is 3.02. The van der Waals surface area contributed by atoms with E-state index in [1.807, 2.05) is 0 Å². The maximum absolute atomic E-state index is 12.9. The van der Waals surface area contributed by atoms with E-state index in [-0.39, 0.29) is 0 Å². The molecule has 0 unspecified atom stereocenters. The lowest BCUT2D eigenvalue weighted by molar-refractivity contribution is -0.289. The Bertz CT molecular complexity index is 396. The van der Waals surface area contributed by atoms with Crippen LogP contribution < -0.4 is 5.73 Å². The van der Waals surface area contributed by atoms with Gasteiger partial charge in [-0.05, 0) is 0 Å². The summed E-state index contributed by atoms with van der Waals surface area (Å²) < 4.78 is 61.9. The van der Waals surface area contributed by atoms with Crippen molar-refractivity contribution >= 4 is 29.2 Å². The smallest absolute Gasteiger partial charge is 0.368 e. The lowest BCUT2D eigenvalue weighted by Crippen LogP contribution is -2.34. The molecule has 0 saturated carbocycles. The highest BCUT2D eigenvalue weighted by Gasteiger charge is 2.61. The Morgan fingerprint density at radius 2 is 1.31 bits per heavy atom. The van der Waals surface area contributed by atoms with Gasteiger partial charge in [0.1, 0.15) is 15.9 Å². The van der Waals surface area contributed by atoms with Gasteiger partial charge in [-0.2, -0.15) is 22.0 Å². The molecular weight excluding hydrogens is 280 g/mol. The van der Waals surface area contributed by atoms with Crippen molar-refractivity contribution < 1.29 is 22.0 Å². The fraction of sp³-hybridized carbons (Fsp3) is 0.333. The van der Waals surface area contributed by atoms with E-state index in [4.69, 9.17) is 28.9 Å². The Balaban J connectivity index is 3.45. The quantitative estimate of drug-likeness (QED) is 0.636. The fourth-order valence-electron chi connectivity index (χ4n) is 0.824. The number of nitrogens with zero attached hydrogens (tertiary/aromatic N) is 2. The molecule has 90 valence electrons. The second-order valence-corrected chi connectivity index (χ2v) is 3.33. The average Bonchev–Trinajstić information content (AvgIpc) is 1.97. The van der Waals surface area contributed by atoms with Gasteiger partial charge in [0.2, 0.25) is 5.95 Å². The van der Waals surface area contributed by atoms with Crippen LogP contribution in [0.2, 0.25) is 10.3 Å². The summed E-state index contributed by atoms with van der Waals surface area (Å²) in [6.45, 7) is 0. The van der Waals surface area contributed by atoms with E-state index < -0.39 is 33.9 Å². The summed E-state index contributed by atoms with van der Waals surface area (Å²) in [5.74, 6) is -5.84. The van der Waals surface area contributed by atoms with Crippen LogP contribution in [-0.4, -0.2) is 16.1 Å². The summed E-state index contributed by atoms with van der Waals surface area (Å²) in [6, 6.07) is 0. The molecular formula is C6H2Cl2F5N3. The van der Waals surface area contributed by atoms with Crippen LogP contribution in [0.25, 0.3) is 0 Å². The molecule has 3 nitrogen and oxygen atoms in total. The monoisotopic (exact) mass is 281 g/mol. The molecule has 1 aromatic heterocycles. The number of hydrogen-bond donors (Lipinski definition) is 1. The molecule has 0 bridgehead atoms. The largest absolute Gasteiger partial charge is 0.458 e. The molecule has 10 heteroatoms. The molecule has 1 rings (SSSR count). The van der Waals surface area contributed by atoms with Gasteiger partial charge in [0.25, 0.3) is 0 Å². The van der Waals surface area contributed by atoms with Gasteiger partial charge in [-0.1, -0.05) is 23.2 Å². The van der Waals surface area contributed by atoms with Gasteiger partial charge < -0.3 is 5.73 Å². The topological polar surface area (TPSA) is 51.8 Å². The molecule has 16 heavy (non-hydrogen) atoms. The third-order valence-electron chi connectivity index (χ3n) is 1.51. The number of aromatic nitrogens is 2. The summed E-state index contributed by atoms with van der Waals surface area (Å²) >= 11 is 10.3. The van der Waals surface area contributed by atoms with Crippen molar-refractivity contribution in [1.29, 1.82) is 0 Å². The first kappa shape index (κ1) is 13.2. The van der Waals surface area contributed by atoms with Crippen LogP contribution in [0, 0.1) is 0 Å². The number of nitrogens with two attached hydrogens (primary N) is 1. The molecule has 0 saturated heterocycles. The molecule has 0 fully saturated rings. The molecule has 2 N–H and O–H groups in total. The first-order valence-corrected chi connectivity index (χ1v) is 4.26. The lowest BCUT2D eigenvalue weighted by atomic mass is 10.2. The van der Waals surface area contributed by atoms with Gasteiger partial charge in [0, 0.05) is 0 Å². The Labute approximate surface area is 95.4 Å². The van der Waals surface area contributed by atoms with E-state index >= 15 is 0 Å². The molecule has 0 aliphatic carbocycles. The van der Waals surface area contributed by atoms with Crippen molar-refractivity contribution in [3.63, 3.8) is 0 Å². The Morgan fingerprint density at radius 3 is 1.62 bits per heavy atom. The van der Waals surface area contributed by atoms with Gasteiger partial charge >= 0.3 is 12.1 Å². The number of halogens is 7. The van der Waals surface area contributed by atoms with Crippen molar-refractivity contribution in [2.24, 2.45) is 0 Å². The van der Waals surface area contributed by atoms with Crippen LogP contribution in [-0.2, 0) is 5.92 Å². The van der Waals surface area contributed by atoms with Gasteiger partial charge in [-0.25, -0.2) is 9.97 Å². The zero-order chi connectivity index (χ0) is 12.7. The van der Waals surface area contributed by atoms with E-state index in [1.165, 1.54) is 0 Å². The maximum atomic E-state index is 12.9. The molecule has 0 amide bonds. The van der Waals surface area contributed by atoms with Crippen LogP contribution in [0.5, 0.6) is 0 Å². The molecule has 0 spiro atoms. The van der Waals surface area contributed by atoms with Crippen molar-refractivity contribution in [3.8, 4) is 0 Å². The average molecular weight is 282 g/mol. The number of nitrogen functional groups attached to an aromatic ring is 1. The minimum absolute atomic E-state index is 0.600. The maximum Gasteiger partial charge on any atom is 0.458 e. The number of hydrogen-bond acceptors (Lipinski definition) is 3. The van der Waals surface area contributed by atoms with Crippen LogP contribution >= 0.6 is 23.2 Å². The standard InChI is InChI=1S/C6H2Cl2F5N3/c7-2-1(3(8)16-4(14)15-2)5(9,10)6(11,12)13/h(H2,14,15,16). The molecule has 0 aliphatic heterocycles. The van der Waals surface area contributed by atoms with Crippen molar-refractivity contribution in [1.82, 2.24) is 9.97 Å². The van der Waals surface area contributed by atoms with Crippen LogP contribution in [0.1, 0.15) is 5.56 Å². The van der Waals surface area contributed by atoms with Gasteiger partial charge in [-0.3, -0.25) is 0 Å². The molecule has 0 aliphatic rings. The Hall–Kier alpha value is -0.890. The third kappa shape index (κ3) is 2.12. The number of rotatable bonds is 1. The molecule has 0 aromatic carbocycles. The van der Waals surface area contributed by atoms with E-state index in [2.05, 4.69) is 9.97 Å². The van der Waals surface area contributed by atoms with E-state index in [0.717, 1.165) is 0 Å². The van der Waals surface area contributed by atoms with E-state index in [9.17, 15) is 22.0 Å². The predicted molar refractivity (Wildman–Crippen MR) is 46.4 cm³/mol. The van der Waals surface area contributed by atoms with Gasteiger partial charge in [-0.15, -0.1) is 0 Å². The highest BCUT2D eigenvalue weighted by Crippen LogP contribution is 2.47. The molecule has 1 heterocycles. The van der Waals surface area contributed by atoms with Gasteiger partial charge in [0.15, 0.2) is 0 Å². The first-order valence-electron chi connectivity index (χ1n) is 3.51. The Morgan fingerprint density at radius 1 is 0.938 bits per heavy atom. The Kier molecular flexibility index (Phi) is 3.17. The normalized spacial score (nSPS) is 12.9. The minimum Gasteiger partial charge on any atom is -0.368 e. The first-order chi connectivity index (χ1) is 7.07. The molecule has 0 radical (unpaired) electrons.